The summed E-state index contributed by atoms with van der Waals surface area (Å²) in [6.45, 7) is 0.552. The lowest BCUT2D eigenvalue weighted by Gasteiger charge is -2.30. The molecule has 0 spiro atoms. The molecule has 1 N–H and O–H groups in total. The van der Waals surface area contributed by atoms with E-state index in [0.29, 0.717) is 6.54 Å². The molecular weight excluding hydrogens is 266 g/mol. The molecule has 21 heavy (non-hydrogen) atoms. The fourth-order valence-corrected chi connectivity index (χ4v) is 4.10. The Hall–Kier alpha value is -1.84. The summed E-state index contributed by atoms with van der Waals surface area (Å²) in [5.41, 5.74) is 1.17. The molecule has 2 fully saturated rings. The highest BCUT2D eigenvalue weighted by atomic mass is 16.4. The van der Waals surface area contributed by atoms with Crippen molar-refractivity contribution in [2.75, 3.05) is 6.54 Å². The molecule has 0 unspecified atom stereocenters. The van der Waals surface area contributed by atoms with Crippen LogP contribution >= 0.6 is 0 Å². The van der Waals surface area contributed by atoms with Gasteiger partial charge in [0.25, 0.3) is 0 Å². The van der Waals surface area contributed by atoms with Gasteiger partial charge in [0.2, 0.25) is 5.91 Å². The van der Waals surface area contributed by atoms with Gasteiger partial charge in [0.1, 0.15) is 0 Å². The minimum Gasteiger partial charge on any atom is -0.550 e. The Morgan fingerprint density at radius 2 is 1.76 bits per heavy atom. The number of carbonyl (C=O) groups excluding carboxylic acids is 2. The molecule has 0 saturated heterocycles. The van der Waals surface area contributed by atoms with E-state index in [1.807, 2.05) is 30.3 Å². The Labute approximate surface area is 124 Å². The number of hydrogen-bond acceptors (Lipinski definition) is 3. The smallest absolute Gasteiger partial charge is 0.224 e. The number of hydrogen-bond donors (Lipinski definition) is 1. The molecule has 2 aliphatic rings. The van der Waals surface area contributed by atoms with Gasteiger partial charge >= 0.3 is 0 Å². The van der Waals surface area contributed by atoms with E-state index in [4.69, 9.17) is 0 Å². The maximum atomic E-state index is 12.3. The molecule has 1 aromatic rings. The molecule has 1 aromatic carbocycles. The average Bonchev–Trinajstić information content (AvgIpc) is 3.08. The molecule has 4 nitrogen and oxygen atoms in total. The standard InChI is InChI=1S/C17H21NO3/c19-16(18-9-8-11-4-2-1-3-5-11)14-12-6-7-13(10-12)15(14)17(20)21/h1-5,12-15H,6-10H2,(H,18,19)(H,20,21)/p-1/t12-,13+,14+,15+/m1/s1. The van der Waals surface area contributed by atoms with Gasteiger partial charge in [-0.3, -0.25) is 4.79 Å². The normalized spacial score (nSPS) is 30.3. The molecule has 4 heteroatoms. The molecule has 2 bridgehead atoms. The molecular formula is C17H20NO3-. The highest BCUT2D eigenvalue weighted by Gasteiger charge is 2.51. The monoisotopic (exact) mass is 286 g/mol. The van der Waals surface area contributed by atoms with E-state index in [9.17, 15) is 14.7 Å². The van der Waals surface area contributed by atoms with Crippen molar-refractivity contribution in [1.29, 1.82) is 0 Å². The van der Waals surface area contributed by atoms with E-state index >= 15 is 0 Å². The van der Waals surface area contributed by atoms with Gasteiger partial charge in [0.15, 0.2) is 0 Å². The molecule has 0 radical (unpaired) electrons. The second kappa shape index (κ2) is 5.88. The van der Waals surface area contributed by atoms with Crippen molar-refractivity contribution in [1.82, 2.24) is 5.32 Å². The third-order valence-corrected chi connectivity index (χ3v) is 5.05. The molecule has 0 aromatic heterocycles. The third-order valence-electron chi connectivity index (χ3n) is 5.05. The lowest BCUT2D eigenvalue weighted by Crippen LogP contribution is -2.46. The van der Waals surface area contributed by atoms with Crippen LogP contribution in [0.3, 0.4) is 0 Å². The minimum absolute atomic E-state index is 0.104. The predicted molar refractivity (Wildman–Crippen MR) is 76.0 cm³/mol. The van der Waals surface area contributed by atoms with Gasteiger partial charge in [0, 0.05) is 24.3 Å². The van der Waals surface area contributed by atoms with Crippen LogP contribution in [-0.2, 0) is 16.0 Å². The first-order valence-electron chi connectivity index (χ1n) is 7.69. The molecule has 3 rings (SSSR count). The number of aliphatic carboxylic acids is 1. The molecule has 2 saturated carbocycles. The van der Waals surface area contributed by atoms with Crippen molar-refractivity contribution >= 4 is 11.9 Å². The van der Waals surface area contributed by atoms with Crippen LogP contribution in [0.4, 0.5) is 0 Å². The van der Waals surface area contributed by atoms with Crippen molar-refractivity contribution in [3.8, 4) is 0 Å². The number of amides is 1. The maximum absolute atomic E-state index is 12.3. The van der Waals surface area contributed by atoms with E-state index in [0.717, 1.165) is 25.7 Å². The van der Waals surface area contributed by atoms with Crippen molar-refractivity contribution in [3.63, 3.8) is 0 Å². The highest BCUT2D eigenvalue weighted by Crippen LogP contribution is 2.52. The molecule has 112 valence electrons. The van der Waals surface area contributed by atoms with Gasteiger partial charge < -0.3 is 15.2 Å². The zero-order chi connectivity index (χ0) is 14.8. The van der Waals surface area contributed by atoms with E-state index < -0.39 is 11.9 Å². The zero-order valence-electron chi connectivity index (χ0n) is 12.0. The number of nitrogens with one attached hydrogen (secondary N) is 1. The molecule has 4 atom stereocenters. The van der Waals surface area contributed by atoms with Gasteiger partial charge in [-0.1, -0.05) is 30.3 Å². The van der Waals surface area contributed by atoms with E-state index in [1.165, 1.54) is 5.56 Å². The van der Waals surface area contributed by atoms with Gasteiger partial charge in [0.05, 0.1) is 0 Å². The largest absolute Gasteiger partial charge is 0.550 e. The van der Waals surface area contributed by atoms with Crippen LogP contribution in [0.2, 0.25) is 0 Å². The van der Waals surface area contributed by atoms with E-state index in [2.05, 4.69) is 5.32 Å². The second-order valence-corrected chi connectivity index (χ2v) is 6.23. The SMILES string of the molecule is O=C([O-])[C@H]1[C@H]2CC[C@H](C2)[C@@H]1C(=O)NCCc1ccccc1. The predicted octanol–water partition coefficient (Wildman–Crippen LogP) is 0.757. The lowest BCUT2D eigenvalue weighted by atomic mass is 9.78. The van der Waals surface area contributed by atoms with Gasteiger partial charge in [-0.15, -0.1) is 0 Å². The summed E-state index contributed by atoms with van der Waals surface area (Å²) >= 11 is 0. The minimum atomic E-state index is -1.05. The molecule has 1 amide bonds. The van der Waals surface area contributed by atoms with Crippen molar-refractivity contribution < 1.29 is 14.7 Å². The number of carboxylic acid groups (broad SMARTS) is 1. The van der Waals surface area contributed by atoms with Crippen molar-refractivity contribution in [2.45, 2.75) is 25.7 Å². The van der Waals surface area contributed by atoms with Gasteiger partial charge in [-0.05, 0) is 43.1 Å². The second-order valence-electron chi connectivity index (χ2n) is 6.23. The van der Waals surface area contributed by atoms with Crippen molar-refractivity contribution in [2.24, 2.45) is 23.7 Å². The first-order chi connectivity index (χ1) is 10.2. The van der Waals surface area contributed by atoms with Crippen LogP contribution in [0.15, 0.2) is 30.3 Å². The summed E-state index contributed by atoms with van der Waals surface area (Å²) in [4.78, 5) is 23.6. The Morgan fingerprint density at radius 3 is 2.43 bits per heavy atom. The quantitative estimate of drug-likeness (QED) is 0.868. The summed E-state index contributed by atoms with van der Waals surface area (Å²) in [6.07, 6.45) is 3.54. The van der Waals surface area contributed by atoms with Crippen LogP contribution in [0.5, 0.6) is 0 Å². The number of carboxylic acids is 1. The maximum Gasteiger partial charge on any atom is 0.224 e. The zero-order valence-corrected chi connectivity index (χ0v) is 12.0. The Bertz CT molecular complexity index is 528. The Morgan fingerprint density at radius 1 is 1.10 bits per heavy atom. The summed E-state index contributed by atoms with van der Waals surface area (Å²) in [6, 6.07) is 9.95. The average molecular weight is 286 g/mol. The van der Waals surface area contributed by atoms with Gasteiger partial charge in [-0.25, -0.2) is 0 Å². The Kier molecular flexibility index (Phi) is 3.95. The number of rotatable bonds is 5. The van der Waals surface area contributed by atoms with Crippen molar-refractivity contribution in [3.05, 3.63) is 35.9 Å². The van der Waals surface area contributed by atoms with E-state index in [-0.39, 0.29) is 23.7 Å². The van der Waals surface area contributed by atoms with Crippen LogP contribution < -0.4 is 10.4 Å². The van der Waals surface area contributed by atoms with Crippen LogP contribution in [0.25, 0.3) is 0 Å². The third kappa shape index (κ3) is 2.80. The van der Waals surface area contributed by atoms with Gasteiger partial charge in [-0.2, -0.15) is 0 Å². The first kappa shape index (κ1) is 14.1. The molecule has 0 heterocycles. The fraction of sp³-hybridized carbons (Fsp3) is 0.529. The topological polar surface area (TPSA) is 69.2 Å². The lowest BCUT2D eigenvalue weighted by molar-refractivity contribution is -0.314. The fourth-order valence-electron chi connectivity index (χ4n) is 4.10. The van der Waals surface area contributed by atoms with Crippen LogP contribution in [0.1, 0.15) is 24.8 Å². The van der Waals surface area contributed by atoms with Crippen LogP contribution in [-0.4, -0.2) is 18.4 Å². The summed E-state index contributed by atoms with van der Waals surface area (Å²) in [5, 5.41) is 14.2. The summed E-state index contributed by atoms with van der Waals surface area (Å²) in [7, 11) is 0. The molecule has 0 aliphatic heterocycles. The molecule has 2 aliphatic carbocycles. The van der Waals surface area contributed by atoms with E-state index in [1.54, 1.807) is 0 Å². The number of carbonyl (C=O) groups is 2. The number of fused-ring (bicyclic) bond motifs is 2. The highest BCUT2D eigenvalue weighted by molar-refractivity contribution is 5.85. The Balaban J connectivity index is 1.56. The number of benzene rings is 1. The first-order valence-corrected chi connectivity index (χ1v) is 7.69. The summed E-state index contributed by atoms with van der Waals surface area (Å²) in [5.74, 6) is -1.75. The summed E-state index contributed by atoms with van der Waals surface area (Å²) < 4.78 is 0. The van der Waals surface area contributed by atoms with Crippen LogP contribution in [0, 0.1) is 23.7 Å².